The molecular weight excluding hydrogens is 257 g/mol. The maximum atomic E-state index is 14.1. The van der Waals surface area contributed by atoms with Crippen molar-refractivity contribution in [3.05, 3.63) is 23.5 Å². The quantitative estimate of drug-likeness (QED) is 0.834. The second kappa shape index (κ2) is 5.69. The van der Waals surface area contributed by atoms with Gasteiger partial charge in [-0.25, -0.2) is 4.39 Å². The van der Waals surface area contributed by atoms with E-state index in [1.165, 1.54) is 12.1 Å². The van der Waals surface area contributed by atoms with E-state index < -0.39 is 11.7 Å². The Hall–Kier alpha value is -1.78. The molecule has 0 atom stereocenters. The van der Waals surface area contributed by atoms with E-state index in [0.29, 0.717) is 17.5 Å². The predicted octanol–water partition coefficient (Wildman–Crippen LogP) is 2.38. The second-order valence-corrected chi connectivity index (χ2v) is 5.82. The number of primary amides is 1. The van der Waals surface area contributed by atoms with Gasteiger partial charge in [-0.05, 0) is 36.8 Å². The van der Waals surface area contributed by atoms with Crippen LogP contribution >= 0.6 is 0 Å². The summed E-state index contributed by atoms with van der Waals surface area (Å²) < 4.78 is 14.1. The summed E-state index contributed by atoms with van der Waals surface area (Å²) in [5.41, 5.74) is 11.6. The van der Waals surface area contributed by atoms with Gasteiger partial charge in [0, 0.05) is 18.8 Å². The summed E-state index contributed by atoms with van der Waals surface area (Å²) in [5.74, 6) is 0.310. The Morgan fingerprint density at radius 1 is 1.35 bits per heavy atom. The number of rotatable bonds is 3. The fourth-order valence-electron chi connectivity index (χ4n) is 2.84. The minimum atomic E-state index is -0.624. The molecule has 2 rings (SSSR count). The molecule has 4 N–H and O–H groups in total. The number of nitrogens with two attached hydrogens (primary N) is 2. The molecule has 20 heavy (non-hydrogen) atoms. The van der Waals surface area contributed by atoms with E-state index in [9.17, 15) is 9.18 Å². The molecule has 1 heterocycles. The van der Waals surface area contributed by atoms with Gasteiger partial charge in [-0.1, -0.05) is 13.8 Å². The number of carbonyl (C=O) groups is 1. The summed E-state index contributed by atoms with van der Waals surface area (Å²) in [6.07, 6.45) is 2.07. The summed E-state index contributed by atoms with van der Waals surface area (Å²) in [6.45, 7) is 6.02. The van der Waals surface area contributed by atoms with Gasteiger partial charge in [-0.3, -0.25) is 4.79 Å². The maximum Gasteiger partial charge on any atom is 0.250 e. The number of carbonyl (C=O) groups excluding carboxylic acids is 1. The average molecular weight is 279 g/mol. The molecule has 4 nitrogen and oxygen atoms in total. The summed E-state index contributed by atoms with van der Waals surface area (Å²) >= 11 is 0. The first-order valence-corrected chi connectivity index (χ1v) is 7.04. The van der Waals surface area contributed by atoms with Gasteiger partial charge >= 0.3 is 0 Å². The summed E-state index contributed by atoms with van der Waals surface area (Å²) in [7, 11) is 0. The highest BCUT2D eigenvalue weighted by Gasteiger charge is 2.24. The fourth-order valence-corrected chi connectivity index (χ4v) is 2.84. The molecule has 1 amide bonds. The van der Waals surface area contributed by atoms with Crippen molar-refractivity contribution in [1.82, 2.24) is 0 Å². The Kier molecular flexibility index (Phi) is 4.16. The van der Waals surface area contributed by atoms with Gasteiger partial charge in [0.2, 0.25) is 0 Å². The van der Waals surface area contributed by atoms with Gasteiger partial charge < -0.3 is 16.4 Å². The standard InChI is InChI=1S/C15H22FN3O/c1-9(2)10-3-5-19(6-4-10)14-7-11(15(18)20)13(17)8-12(14)16/h7-10H,3-6,17H2,1-2H3,(H2,18,20). The number of nitrogen functional groups attached to an aromatic ring is 1. The molecule has 1 fully saturated rings. The highest BCUT2D eigenvalue weighted by molar-refractivity contribution is 5.99. The van der Waals surface area contributed by atoms with Gasteiger partial charge in [0.15, 0.2) is 0 Å². The van der Waals surface area contributed by atoms with E-state index in [4.69, 9.17) is 11.5 Å². The molecule has 1 saturated heterocycles. The Bertz CT molecular complexity index is 508. The Labute approximate surface area is 118 Å². The topological polar surface area (TPSA) is 72.3 Å². The maximum absolute atomic E-state index is 14.1. The molecule has 0 saturated carbocycles. The van der Waals surface area contributed by atoms with Crippen LogP contribution in [0.3, 0.4) is 0 Å². The molecule has 0 aliphatic carbocycles. The number of amides is 1. The lowest BCUT2D eigenvalue weighted by Gasteiger charge is -2.35. The lowest BCUT2D eigenvalue weighted by molar-refractivity contribution is 0.100. The SMILES string of the molecule is CC(C)C1CCN(c2cc(C(N)=O)c(N)cc2F)CC1. The lowest BCUT2D eigenvalue weighted by atomic mass is 9.86. The molecule has 110 valence electrons. The minimum absolute atomic E-state index is 0.0933. The monoisotopic (exact) mass is 279 g/mol. The number of halogens is 1. The van der Waals surface area contributed by atoms with Crippen LogP contribution < -0.4 is 16.4 Å². The van der Waals surface area contributed by atoms with Crippen molar-refractivity contribution >= 4 is 17.3 Å². The summed E-state index contributed by atoms with van der Waals surface area (Å²) in [5, 5.41) is 0. The number of benzene rings is 1. The molecule has 5 heteroatoms. The largest absolute Gasteiger partial charge is 0.398 e. The van der Waals surface area contributed by atoms with Crippen molar-refractivity contribution in [1.29, 1.82) is 0 Å². The van der Waals surface area contributed by atoms with E-state index >= 15 is 0 Å². The molecular formula is C15H22FN3O. The van der Waals surface area contributed by atoms with E-state index in [2.05, 4.69) is 13.8 Å². The average Bonchev–Trinajstić information content (AvgIpc) is 2.38. The first-order valence-electron chi connectivity index (χ1n) is 7.04. The Morgan fingerprint density at radius 3 is 2.45 bits per heavy atom. The molecule has 0 unspecified atom stereocenters. The van der Waals surface area contributed by atoms with Crippen LogP contribution in [-0.2, 0) is 0 Å². The van der Waals surface area contributed by atoms with Gasteiger partial charge in [0.05, 0.1) is 11.3 Å². The van der Waals surface area contributed by atoms with E-state index in [1.807, 2.05) is 4.90 Å². The van der Waals surface area contributed by atoms with Crippen LogP contribution in [0.25, 0.3) is 0 Å². The second-order valence-electron chi connectivity index (χ2n) is 5.82. The van der Waals surface area contributed by atoms with Crippen molar-refractivity contribution in [2.24, 2.45) is 17.6 Å². The van der Waals surface area contributed by atoms with Crippen molar-refractivity contribution in [2.75, 3.05) is 23.7 Å². The fraction of sp³-hybridized carbons (Fsp3) is 0.533. The third-order valence-corrected chi connectivity index (χ3v) is 4.21. The normalized spacial score (nSPS) is 16.7. The highest BCUT2D eigenvalue weighted by Crippen LogP contribution is 2.31. The van der Waals surface area contributed by atoms with Crippen molar-refractivity contribution in [3.8, 4) is 0 Å². The van der Waals surface area contributed by atoms with Gasteiger partial charge in [-0.2, -0.15) is 0 Å². The summed E-state index contributed by atoms with van der Waals surface area (Å²) in [6, 6.07) is 2.66. The van der Waals surface area contributed by atoms with Crippen LogP contribution in [0.5, 0.6) is 0 Å². The van der Waals surface area contributed by atoms with Gasteiger partial charge in [0.25, 0.3) is 5.91 Å². The first kappa shape index (κ1) is 14.6. The number of piperidine rings is 1. The van der Waals surface area contributed by atoms with Crippen LogP contribution in [-0.4, -0.2) is 19.0 Å². The highest BCUT2D eigenvalue weighted by atomic mass is 19.1. The molecule has 1 aliphatic rings. The third-order valence-electron chi connectivity index (χ3n) is 4.21. The van der Waals surface area contributed by atoms with Crippen LogP contribution in [0.1, 0.15) is 37.0 Å². The number of anilines is 2. The van der Waals surface area contributed by atoms with Crippen LogP contribution in [0.4, 0.5) is 15.8 Å². The predicted molar refractivity (Wildman–Crippen MR) is 79.1 cm³/mol. The van der Waals surface area contributed by atoms with Crippen molar-refractivity contribution < 1.29 is 9.18 Å². The number of hydrogen-bond acceptors (Lipinski definition) is 3. The zero-order valence-corrected chi connectivity index (χ0v) is 12.0. The Balaban J connectivity index is 2.21. The van der Waals surface area contributed by atoms with Crippen LogP contribution in [0.2, 0.25) is 0 Å². The zero-order chi connectivity index (χ0) is 14.9. The first-order chi connectivity index (χ1) is 9.40. The van der Waals surface area contributed by atoms with Crippen molar-refractivity contribution in [2.45, 2.75) is 26.7 Å². The number of nitrogens with zero attached hydrogens (tertiary/aromatic N) is 1. The molecule has 0 spiro atoms. The molecule has 1 aromatic carbocycles. The molecule has 1 aliphatic heterocycles. The minimum Gasteiger partial charge on any atom is -0.398 e. The van der Waals surface area contributed by atoms with Gasteiger partial charge in [0.1, 0.15) is 5.82 Å². The smallest absolute Gasteiger partial charge is 0.250 e. The summed E-state index contributed by atoms with van der Waals surface area (Å²) in [4.78, 5) is 13.3. The third kappa shape index (κ3) is 2.86. The molecule has 1 aromatic rings. The molecule has 0 radical (unpaired) electrons. The van der Waals surface area contributed by atoms with E-state index in [0.717, 1.165) is 25.9 Å². The van der Waals surface area contributed by atoms with Crippen molar-refractivity contribution in [3.63, 3.8) is 0 Å². The van der Waals surface area contributed by atoms with Crippen LogP contribution in [0, 0.1) is 17.7 Å². The lowest BCUT2D eigenvalue weighted by Crippen LogP contribution is -2.36. The van der Waals surface area contributed by atoms with Gasteiger partial charge in [-0.15, -0.1) is 0 Å². The zero-order valence-electron chi connectivity index (χ0n) is 12.0. The Morgan fingerprint density at radius 2 is 1.95 bits per heavy atom. The van der Waals surface area contributed by atoms with Crippen LogP contribution in [0.15, 0.2) is 12.1 Å². The van der Waals surface area contributed by atoms with E-state index in [1.54, 1.807) is 0 Å². The molecule has 0 aromatic heterocycles. The van der Waals surface area contributed by atoms with E-state index in [-0.39, 0.29) is 11.3 Å². The molecule has 0 bridgehead atoms. The number of hydrogen-bond donors (Lipinski definition) is 2.